The Bertz CT molecular complexity index is 942. The van der Waals surface area contributed by atoms with Crippen LogP contribution < -0.4 is 5.73 Å². The number of fused-ring (bicyclic) bond motifs is 2. The van der Waals surface area contributed by atoms with Gasteiger partial charge >= 0.3 is 6.09 Å². The Hall–Kier alpha value is -3.02. The van der Waals surface area contributed by atoms with Crippen LogP contribution in [0.25, 0.3) is 5.57 Å². The van der Waals surface area contributed by atoms with Crippen molar-refractivity contribution in [3.05, 3.63) is 58.4 Å². The predicted octanol–water partition coefficient (Wildman–Crippen LogP) is 3.52. The molecule has 146 valence electrons. The van der Waals surface area contributed by atoms with Crippen molar-refractivity contribution in [1.29, 1.82) is 0 Å². The van der Waals surface area contributed by atoms with Crippen LogP contribution in [0, 0.1) is 0 Å². The largest absolute Gasteiger partial charge is 0.506 e. The summed E-state index contributed by atoms with van der Waals surface area (Å²) in [6.07, 6.45) is 4.80. The number of hydrogen-bond donors (Lipinski definition) is 2. The minimum Gasteiger partial charge on any atom is -0.506 e. The summed E-state index contributed by atoms with van der Waals surface area (Å²) in [7, 11) is 0. The second-order valence-electron chi connectivity index (χ2n) is 7.24. The first-order valence-electron chi connectivity index (χ1n) is 9.78. The Balaban J connectivity index is 1.79. The summed E-state index contributed by atoms with van der Waals surface area (Å²) >= 11 is 0. The minimum atomic E-state index is -0.250. The predicted molar refractivity (Wildman–Crippen MR) is 108 cm³/mol. The van der Waals surface area contributed by atoms with Crippen LogP contribution in [-0.4, -0.2) is 40.8 Å². The summed E-state index contributed by atoms with van der Waals surface area (Å²) in [5.74, 6) is 0.124. The molecule has 0 radical (unpaired) electrons. The number of hydrogen-bond acceptors (Lipinski definition) is 5. The van der Waals surface area contributed by atoms with Gasteiger partial charge in [0, 0.05) is 24.9 Å². The molecule has 0 atom stereocenters. The number of aromatic nitrogens is 1. The average Bonchev–Trinajstić information content (AvgIpc) is 2.86. The standard InChI is InChI=1S/C22H25N3O3/c1-2-28-22(27)25-10-7-14(8-11-25)20-17-13-18(23)19(26)12-16(17)6-5-15-4-3-9-24-21(15)20/h3-4,9,12-13,26H,2,5-8,10-11,23H2,1H3. The molecular formula is C22H25N3O3. The fraction of sp³-hybridized carbons (Fsp3) is 0.364. The molecule has 6 heteroatoms. The van der Waals surface area contributed by atoms with Crippen LogP contribution in [0.15, 0.2) is 36.0 Å². The molecule has 2 heterocycles. The van der Waals surface area contributed by atoms with Gasteiger partial charge < -0.3 is 20.5 Å². The van der Waals surface area contributed by atoms with Crippen molar-refractivity contribution in [3.63, 3.8) is 0 Å². The number of carbonyl (C=O) groups excluding carboxylic acids is 1. The molecule has 2 aliphatic rings. The van der Waals surface area contributed by atoms with E-state index in [0.29, 0.717) is 25.4 Å². The Morgan fingerprint density at radius 3 is 2.71 bits per heavy atom. The number of aryl methyl sites for hydroxylation is 2. The summed E-state index contributed by atoms with van der Waals surface area (Å²) in [5.41, 5.74) is 13.1. The van der Waals surface area contributed by atoms with Crippen molar-refractivity contribution >= 4 is 17.4 Å². The lowest BCUT2D eigenvalue weighted by atomic mass is 9.88. The van der Waals surface area contributed by atoms with E-state index in [1.165, 1.54) is 11.1 Å². The minimum absolute atomic E-state index is 0.124. The molecule has 6 nitrogen and oxygen atoms in total. The van der Waals surface area contributed by atoms with Gasteiger partial charge in [-0.05, 0) is 67.5 Å². The first-order chi connectivity index (χ1) is 13.6. The second kappa shape index (κ2) is 7.54. The van der Waals surface area contributed by atoms with Crippen molar-refractivity contribution in [2.24, 2.45) is 0 Å². The second-order valence-corrected chi connectivity index (χ2v) is 7.24. The Morgan fingerprint density at radius 1 is 1.21 bits per heavy atom. The number of piperidine rings is 1. The van der Waals surface area contributed by atoms with Gasteiger partial charge in [0.2, 0.25) is 0 Å². The van der Waals surface area contributed by atoms with Gasteiger partial charge in [-0.2, -0.15) is 0 Å². The van der Waals surface area contributed by atoms with Crippen molar-refractivity contribution in [3.8, 4) is 5.75 Å². The third kappa shape index (κ3) is 3.30. The number of amides is 1. The molecule has 2 aromatic rings. The van der Waals surface area contributed by atoms with Gasteiger partial charge in [0.25, 0.3) is 0 Å². The maximum absolute atomic E-state index is 12.0. The van der Waals surface area contributed by atoms with E-state index in [1.807, 2.05) is 25.3 Å². The number of phenols is 1. The van der Waals surface area contributed by atoms with Crippen molar-refractivity contribution < 1.29 is 14.6 Å². The quantitative estimate of drug-likeness (QED) is 0.585. The number of benzene rings is 1. The van der Waals surface area contributed by atoms with Gasteiger partial charge in [0.15, 0.2) is 0 Å². The monoisotopic (exact) mass is 379 g/mol. The molecule has 1 amide bonds. The molecule has 0 saturated carbocycles. The Morgan fingerprint density at radius 2 is 1.96 bits per heavy atom. The molecule has 1 aromatic heterocycles. The van der Waals surface area contributed by atoms with Crippen LogP contribution >= 0.6 is 0 Å². The molecule has 1 aromatic carbocycles. The highest BCUT2D eigenvalue weighted by atomic mass is 16.6. The summed E-state index contributed by atoms with van der Waals surface area (Å²) in [6, 6.07) is 7.73. The SMILES string of the molecule is CCOC(=O)N1CCC(=C2c3cc(N)c(O)cc3CCc3cccnc32)CC1. The number of carbonyl (C=O) groups is 1. The smallest absolute Gasteiger partial charge is 0.409 e. The molecule has 0 bridgehead atoms. The number of likely N-dealkylation sites (tertiary alicyclic amines) is 1. The molecule has 0 spiro atoms. The number of ether oxygens (including phenoxy) is 1. The Labute approximate surface area is 164 Å². The van der Waals surface area contributed by atoms with E-state index in [2.05, 4.69) is 6.07 Å². The lowest BCUT2D eigenvalue weighted by molar-refractivity contribution is 0.104. The van der Waals surface area contributed by atoms with Gasteiger partial charge in [-0.1, -0.05) is 11.6 Å². The lowest BCUT2D eigenvalue weighted by Crippen LogP contribution is -2.37. The zero-order chi connectivity index (χ0) is 19.7. The number of pyridine rings is 1. The number of aromatic hydroxyl groups is 1. The first kappa shape index (κ1) is 18.3. The summed E-state index contributed by atoms with van der Waals surface area (Å²) in [5, 5.41) is 10.1. The van der Waals surface area contributed by atoms with E-state index >= 15 is 0 Å². The number of rotatable bonds is 1. The Kier molecular flexibility index (Phi) is 4.94. The average molecular weight is 379 g/mol. The van der Waals surface area contributed by atoms with Crippen LogP contribution in [0.2, 0.25) is 0 Å². The molecule has 28 heavy (non-hydrogen) atoms. The van der Waals surface area contributed by atoms with Crippen LogP contribution in [0.4, 0.5) is 10.5 Å². The molecule has 4 rings (SSSR count). The maximum atomic E-state index is 12.0. The van der Waals surface area contributed by atoms with E-state index in [1.54, 1.807) is 11.0 Å². The van der Waals surface area contributed by atoms with Crippen molar-refractivity contribution in [1.82, 2.24) is 9.88 Å². The summed E-state index contributed by atoms with van der Waals surface area (Å²) < 4.78 is 5.14. The van der Waals surface area contributed by atoms with E-state index in [9.17, 15) is 9.90 Å². The van der Waals surface area contributed by atoms with Crippen LogP contribution in [-0.2, 0) is 17.6 Å². The number of nitrogens with two attached hydrogens (primary N) is 1. The zero-order valence-electron chi connectivity index (χ0n) is 16.1. The molecule has 1 saturated heterocycles. The first-order valence-corrected chi connectivity index (χ1v) is 9.78. The third-order valence-corrected chi connectivity index (χ3v) is 5.56. The van der Waals surface area contributed by atoms with E-state index in [4.69, 9.17) is 15.5 Å². The van der Waals surface area contributed by atoms with Crippen molar-refractivity contribution in [2.75, 3.05) is 25.4 Å². The fourth-order valence-corrected chi connectivity index (χ4v) is 4.13. The van der Waals surface area contributed by atoms with Gasteiger partial charge in [0.1, 0.15) is 5.75 Å². The summed E-state index contributed by atoms with van der Waals surface area (Å²) in [4.78, 5) is 18.5. The number of nitrogen functional groups attached to an aromatic ring is 1. The van der Waals surface area contributed by atoms with Crippen LogP contribution in [0.1, 0.15) is 42.1 Å². The molecule has 1 aliphatic carbocycles. The van der Waals surface area contributed by atoms with Gasteiger partial charge in [0.05, 0.1) is 18.0 Å². The topological polar surface area (TPSA) is 88.7 Å². The van der Waals surface area contributed by atoms with E-state index in [-0.39, 0.29) is 11.8 Å². The van der Waals surface area contributed by atoms with Gasteiger partial charge in [-0.15, -0.1) is 0 Å². The van der Waals surface area contributed by atoms with Crippen LogP contribution in [0.5, 0.6) is 5.75 Å². The third-order valence-electron chi connectivity index (χ3n) is 5.56. The highest BCUT2D eigenvalue weighted by molar-refractivity contribution is 5.86. The highest BCUT2D eigenvalue weighted by Gasteiger charge is 2.27. The zero-order valence-corrected chi connectivity index (χ0v) is 16.1. The number of phenolic OH excluding ortho intramolecular Hbond substituents is 1. The molecule has 0 unspecified atom stereocenters. The normalized spacial score (nSPS) is 16.2. The van der Waals surface area contributed by atoms with Crippen LogP contribution in [0.3, 0.4) is 0 Å². The summed E-state index contributed by atoms with van der Waals surface area (Å²) in [6.45, 7) is 3.46. The maximum Gasteiger partial charge on any atom is 0.409 e. The van der Waals surface area contributed by atoms with Gasteiger partial charge in [-0.3, -0.25) is 4.98 Å². The highest BCUT2D eigenvalue weighted by Crippen LogP contribution is 2.40. The lowest BCUT2D eigenvalue weighted by Gasteiger charge is -2.29. The molecular weight excluding hydrogens is 354 g/mol. The fourth-order valence-electron chi connectivity index (χ4n) is 4.13. The molecule has 1 aliphatic heterocycles. The van der Waals surface area contributed by atoms with E-state index in [0.717, 1.165) is 48.1 Å². The number of nitrogens with zero attached hydrogens (tertiary/aromatic N) is 2. The molecule has 3 N–H and O–H groups in total. The van der Waals surface area contributed by atoms with Gasteiger partial charge in [-0.25, -0.2) is 4.79 Å². The van der Waals surface area contributed by atoms with Crippen molar-refractivity contribution in [2.45, 2.75) is 32.6 Å². The van der Waals surface area contributed by atoms with E-state index < -0.39 is 0 Å². The molecule has 1 fully saturated rings. The number of anilines is 1.